The molecule has 0 saturated carbocycles. The van der Waals surface area contributed by atoms with Crippen LogP contribution >= 0.6 is 35.7 Å². The Morgan fingerprint density at radius 2 is 1.91 bits per heavy atom. The third-order valence-corrected chi connectivity index (χ3v) is 7.78. The van der Waals surface area contributed by atoms with Crippen LogP contribution in [0.2, 0.25) is 0 Å². The van der Waals surface area contributed by atoms with Crippen molar-refractivity contribution in [2.24, 2.45) is 0 Å². The Kier molecular flexibility index (Phi) is 7.83. The summed E-state index contributed by atoms with van der Waals surface area (Å²) in [5.74, 6) is -0.180. The Bertz CT molecular complexity index is 1140. The van der Waals surface area contributed by atoms with Gasteiger partial charge in [-0.15, -0.1) is 6.42 Å². The lowest BCUT2D eigenvalue weighted by atomic mass is 9.97. The average Bonchev–Trinajstić information content (AvgIpc) is 2.85. The number of rotatable bonds is 8. The summed E-state index contributed by atoms with van der Waals surface area (Å²) in [5, 5.41) is 10.2. The van der Waals surface area contributed by atoms with Crippen LogP contribution in [0.5, 0.6) is 0 Å². The van der Waals surface area contributed by atoms with Crippen molar-refractivity contribution < 1.29 is 65.0 Å². The van der Waals surface area contributed by atoms with Crippen LogP contribution in [0.1, 0.15) is 6.23 Å². The minimum Gasteiger partial charge on any atom is -0.386 e. The maximum atomic E-state index is 15.3. The number of nitrogen functional groups attached to an aromatic ring is 1. The number of alkyl halides is 1. The number of phosphoric acid groups is 3. The number of hydrogen-bond acceptors (Lipinski definition) is 11. The van der Waals surface area contributed by atoms with Crippen molar-refractivity contribution in [3.63, 3.8) is 0 Å². The molecule has 0 bridgehead atoms. The van der Waals surface area contributed by atoms with Crippen LogP contribution in [0.25, 0.3) is 0 Å². The monoisotopic (exact) mass is 543 g/mol. The molecule has 0 amide bonds. The van der Waals surface area contributed by atoms with E-state index >= 15 is 4.39 Å². The number of nitrogens with two attached hydrogens (primary N) is 1. The lowest BCUT2D eigenvalue weighted by Crippen LogP contribution is -2.42. The molecule has 2 rings (SSSR count). The van der Waals surface area contributed by atoms with E-state index in [4.69, 9.17) is 43.8 Å². The Morgan fingerprint density at radius 1 is 1.31 bits per heavy atom. The molecule has 0 radical (unpaired) electrons. The van der Waals surface area contributed by atoms with Crippen molar-refractivity contribution in [3.8, 4) is 12.3 Å². The standard InChI is InChI=1S/C11H14F2N3O12P3S/c1-2-11(13)7(17)6(26-9(11)16-3-5(12)8(14)15-10(16)32)4-25-30(21,22)28-31(23,24)27-29(18,19)20/h1,3,6-7,9,17H,4H2,(H,21,22)(H,23,24)(H2,14,15,32)(H2,18,19,20)/t6-,7+,9-,11?/m1/s1. The fourth-order valence-electron chi connectivity index (χ4n) is 2.41. The maximum absolute atomic E-state index is 15.3. The van der Waals surface area contributed by atoms with E-state index in [0.717, 1.165) is 0 Å². The zero-order valence-electron chi connectivity index (χ0n) is 15.2. The summed E-state index contributed by atoms with van der Waals surface area (Å²) in [6.07, 6.45) is -0.482. The van der Waals surface area contributed by atoms with Gasteiger partial charge in [-0.25, -0.2) is 22.5 Å². The number of hydrogen-bond donors (Lipinski definition) is 6. The van der Waals surface area contributed by atoms with Crippen LogP contribution < -0.4 is 5.73 Å². The van der Waals surface area contributed by atoms with Gasteiger partial charge in [0.05, 0.1) is 6.61 Å². The van der Waals surface area contributed by atoms with Crippen LogP contribution in [-0.2, 0) is 31.6 Å². The van der Waals surface area contributed by atoms with Gasteiger partial charge in [-0.2, -0.15) is 13.6 Å². The molecule has 1 aromatic heterocycles. The highest BCUT2D eigenvalue weighted by Gasteiger charge is 2.58. The number of anilines is 1. The van der Waals surface area contributed by atoms with Crippen molar-refractivity contribution in [2.75, 3.05) is 12.3 Å². The van der Waals surface area contributed by atoms with Crippen LogP contribution in [-0.4, -0.2) is 58.7 Å². The molecule has 1 saturated heterocycles. The van der Waals surface area contributed by atoms with E-state index in [0.29, 0.717) is 10.8 Å². The molecular weight excluding hydrogens is 529 g/mol. The molecule has 32 heavy (non-hydrogen) atoms. The molecule has 1 aromatic rings. The smallest absolute Gasteiger partial charge is 0.386 e. The molecule has 0 aromatic carbocycles. The lowest BCUT2D eigenvalue weighted by Gasteiger charge is -2.24. The summed E-state index contributed by atoms with van der Waals surface area (Å²) in [4.78, 5) is 38.9. The summed E-state index contributed by atoms with van der Waals surface area (Å²) in [6, 6.07) is 0. The lowest BCUT2D eigenvalue weighted by molar-refractivity contribution is -0.0528. The van der Waals surface area contributed by atoms with E-state index in [1.807, 2.05) is 0 Å². The fraction of sp³-hybridized carbons (Fsp3) is 0.455. The van der Waals surface area contributed by atoms with Gasteiger partial charge in [0.1, 0.15) is 12.2 Å². The minimum absolute atomic E-state index is 0.507. The topological polar surface area (TPSA) is 233 Å². The van der Waals surface area contributed by atoms with E-state index in [-0.39, 0.29) is 0 Å². The van der Waals surface area contributed by atoms with Gasteiger partial charge >= 0.3 is 23.5 Å². The highest BCUT2D eigenvalue weighted by Crippen LogP contribution is 2.66. The second-order valence-electron chi connectivity index (χ2n) is 5.93. The first-order chi connectivity index (χ1) is 14.4. The Morgan fingerprint density at radius 3 is 2.44 bits per heavy atom. The highest BCUT2D eigenvalue weighted by atomic mass is 32.1. The largest absolute Gasteiger partial charge is 0.490 e. The van der Waals surface area contributed by atoms with E-state index in [9.17, 15) is 28.1 Å². The van der Waals surface area contributed by atoms with E-state index in [2.05, 4.69) is 18.1 Å². The summed E-state index contributed by atoms with van der Waals surface area (Å²) in [6.45, 7) is -1.23. The van der Waals surface area contributed by atoms with Crippen LogP contribution in [0, 0.1) is 22.9 Å². The van der Waals surface area contributed by atoms with Crippen molar-refractivity contribution in [3.05, 3.63) is 16.8 Å². The molecule has 7 N–H and O–H groups in total. The van der Waals surface area contributed by atoms with E-state index < -0.39 is 70.6 Å². The first-order valence-electron chi connectivity index (χ1n) is 7.73. The molecule has 0 spiro atoms. The summed E-state index contributed by atoms with van der Waals surface area (Å²) < 4.78 is 79.2. The third kappa shape index (κ3) is 6.25. The molecule has 6 atom stereocenters. The van der Waals surface area contributed by atoms with Gasteiger partial charge in [0, 0.05) is 6.20 Å². The van der Waals surface area contributed by atoms with Crippen molar-refractivity contribution in [2.45, 2.75) is 24.1 Å². The molecule has 15 nitrogen and oxygen atoms in total. The van der Waals surface area contributed by atoms with E-state index in [1.54, 1.807) is 5.92 Å². The quantitative estimate of drug-likeness (QED) is 0.147. The number of phosphoric ester groups is 1. The molecule has 180 valence electrons. The van der Waals surface area contributed by atoms with Crippen molar-refractivity contribution in [1.82, 2.24) is 9.55 Å². The van der Waals surface area contributed by atoms with Crippen LogP contribution in [0.4, 0.5) is 14.6 Å². The van der Waals surface area contributed by atoms with E-state index in [1.165, 1.54) is 0 Å². The average molecular weight is 543 g/mol. The van der Waals surface area contributed by atoms with Crippen LogP contribution in [0.3, 0.4) is 0 Å². The van der Waals surface area contributed by atoms with Gasteiger partial charge in [-0.1, -0.05) is 5.92 Å². The number of aliphatic hydroxyl groups excluding tert-OH is 1. The maximum Gasteiger partial charge on any atom is 0.490 e. The van der Waals surface area contributed by atoms with Gasteiger partial charge < -0.3 is 35.2 Å². The first-order valence-corrected chi connectivity index (χ1v) is 12.7. The second kappa shape index (κ2) is 9.24. The minimum atomic E-state index is -5.81. The molecular formula is C11H14F2N3O12P3S. The van der Waals surface area contributed by atoms with Gasteiger partial charge in [0.25, 0.3) is 0 Å². The SMILES string of the molecule is C#CC1(F)[C@@H](O)[C@@H](COP(=O)(O)OP(=O)(O)OP(=O)(O)O)O[C@H]1n1cc(F)c(N)nc1=S. The molecule has 1 aliphatic heterocycles. The number of halogens is 2. The summed E-state index contributed by atoms with van der Waals surface area (Å²) >= 11 is 4.83. The molecule has 0 aliphatic carbocycles. The normalized spacial score (nSPS) is 29.8. The first kappa shape index (κ1) is 27.1. The number of ether oxygens (including phenoxy) is 1. The number of terminal acetylenes is 1. The van der Waals surface area contributed by atoms with Crippen molar-refractivity contribution >= 4 is 41.5 Å². The van der Waals surface area contributed by atoms with Gasteiger partial charge in [0.15, 0.2) is 17.9 Å². The zero-order chi connectivity index (χ0) is 24.7. The second-order valence-corrected chi connectivity index (χ2v) is 10.7. The van der Waals surface area contributed by atoms with Crippen molar-refractivity contribution in [1.29, 1.82) is 0 Å². The van der Waals surface area contributed by atoms with Crippen LogP contribution in [0.15, 0.2) is 6.20 Å². The molecule has 3 unspecified atom stereocenters. The summed E-state index contributed by atoms with van der Waals surface area (Å²) in [5.41, 5.74) is 2.14. The Balaban J connectivity index is 2.22. The summed E-state index contributed by atoms with van der Waals surface area (Å²) in [7, 11) is -17.0. The molecule has 21 heteroatoms. The number of nitrogens with zero attached hydrogens (tertiary/aromatic N) is 2. The van der Waals surface area contributed by atoms with Gasteiger partial charge in [-0.3, -0.25) is 9.09 Å². The predicted octanol–water partition coefficient (Wildman–Crippen LogP) is 0.277. The van der Waals surface area contributed by atoms with Gasteiger partial charge in [0.2, 0.25) is 10.4 Å². The fourth-order valence-corrected chi connectivity index (χ4v) is 5.68. The highest BCUT2D eigenvalue weighted by molar-refractivity contribution is 7.71. The number of aliphatic hydroxyl groups is 1. The molecule has 1 fully saturated rings. The number of aromatic nitrogens is 2. The molecule has 1 aliphatic rings. The third-order valence-electron chi connectivity index (χ3n) is 3.67. The Labute approximate surface area is 182 Å². The predicted molar refractivity (Wildman–Crippen MR) is 99.8 cm³/mol. The molecule has 2 heterocycles. The zero-order valence-corrected chi connectivity index (χ0v) is 18.7. The van der Waals surface area contributed by atoms with Gasteiger partial charge in [-0.05, 0) is 12.2 Å². The Hall–Kier alpha value is -1.15.